The van der Waals surface area contributed by atoms with Gasteiger partial charge < -0.3 is 29.3 Å². The Morgan fingerprint density at radius 3 is 2.48 bits per heavy atom. The van der Waals surface area contributed by atoms with Gasteiger partial charge in [0.05, 0.1) is 25.1 Å². The van der Waals surface area contributed by atoms with Crippen molar-refractivity contribution >= 4 is 29.3 Å². The van der Waals surface area contributed by atoms with Gasteiger partial charge in [0.15, 0.2) is 11.6 Å². The van der Waals surface area contributed by atoms with Crippen molar-refractivity contribution in [1.29, 1.82) is 0 Å². The average molecular weight is 741 g/mol. The van der Waals surface area contributed by atoms with Crippen LogP contribution in [0.15, 0.2) is 54.6 Å². The first-order chi connectivity index (χ1) is 25.9. The molecule has 4 aromatic rings. The molecule has 0 bridgehead atoms. The highest BCUT2D eigenvalue weighted by molar-refractivity contribution is 5.88. The quantitative estimate of drug-likeness (QED) is 0.132. The topological polar surface area (TPSA) is 118 Å². The van der Waals surface area contributed by atoms with Crippen molar-refractivity contribution in [3.8, 4) is 28.6 Å². The SMILES string of the molecule is CCN(CC)C(=O)C(C)Cc1ccc(NC(=O)Oc2cc(-c3ccc(C)c(C)c3C)nc(Nc3ccc(OCC4CCCN(C)C4)c(F)c3)n2)c(OC)c1. The number of aromatic nitrogens is 2. The zero-order valence-corrected chi connectivity index (χ0v) is 32.7. The van der Waals surface area contributed by atoms with E-state index in [1.807, 2.05) is 64.6 Å². The summed E-state index contributed by atoms with van der Waals surface area (Å²) in [6, 6.07) is 15.6. The molecule has 0 radical (unpaired) electrons. The Morgan fingerprint density at radius 2 is 1.78 bits per heavy atom. The van der Waals surface area contributed by atoms with Crippen LogP contribution >= 0.6 is 0 Å². The van der Waals surface area contributed by atoms with E-state index in [1.165, 1.54) is 13.2 Å². The molecule has 0 saturated carbocycles. The minimum atomic E-state index is -0.796. The lowest BCUT2D eigenvalue weighted by Crippen LogP contribution is -2.35. The molecule has 1 aliphatic heterocycles. The van der Waals surface area contributed by atoms with Gasteiger partial charge >= 0.3 is 6.09 Å². The van der Waals surface area contributed by atoms with Gasteiger partial charge in [0, 0.05) is 54.9 Å². The molecule has 5 rings (SSSR count). The summed E-state index contributed by atoms with van der Waals surface area (Å²) in [5, 5.41) is 5.83. The Hall–Kier alpha value is -5.23. The number of piperidine rings is 1. The molecule has 2 N–H and O–H groups in total. The van der Waals surface area contributed by atoms with Crippen molar-refractivity contribution in [2.45, 2.75) is 60.8 Å². The molecule has 1 aliphatic rings. The second kappa shape index (κ2) is 18.2. The van der Waals surface area contributed by atoms with Gasteiger partial charge in [-0.15, -0.1) is 0 Å². The first-order valence-electron chi connectivity index (χ1n) is 18.7. The maximum absolute atomic E-state index is 15.2. The lowest BCUT2D eigenvalue weighted by atomic mass is 9.97. The van der Waals surface area contributed by atoms with Gasteiger partial charge in [0.2, 0.25) is 17.7 Å². The van der Waals surface area contributed by atoms with Crippen molar-refractivity contribution in [3.63, 3.8) is 0 Å². The van der Waals surface area contributed by atoms with Crippen LogP contribution in [0.1, 0.15) is 55.9 Å². The van der Waals surface area contributed by atoms with Gasteiger partial charge in [-0.1, -0.05) is 25.1 Å². The highest BCUT2D eigenvalue weighted by Crippen LogP contribution is 2.32. The van der Waals surface area contributed by atoms with Crippen LogP contribution in [0.5, 0.6) is 17.4 Å². The van der Waals surface area contributed by atoms with E-state index >= 15 is 4.39 Å². The molecule has 54 heavy (non-hydrogen) atoms. The number of amides is 2. The molecule has 12 heteroatoms. The van der Waals surface area contributed by atoms with Gasteiger partial charge in [0.25, 0.3) is 0 Å². The van der Waals surface area contributed by atoms with Crippen LogP contribution in [0.4, 0.5) is 26.5 Å². The van der Waals surface area contributed by atoms with Crippen LogP contribution < -0.4 is 24.8 Å². The zero-order chi connectivity index (χ0) is 38.9. The maximum Gasteiger partial charge on any atom is 0.418 e. The van der Waals surface area contributed by atoms with Gasteiger partial charge in [-0.2, -0.15) is 4.98 Å². The smallest absolute Gasteiger partial charge is 0.418 e. The molecule has 1 fully saturated rings. The Kier molecular flexibility index (Phi) is 13.5. The number of aryl methyl sites for hydroxylation is 1. The highest BCUT2D eigenvalue weighted by Gasteiger charge is 2.21. The predicted molar refractivity (Wildman–Crippen MR) is 211 cm³/mol. The second-order valence-corrected chi connectivity index (χ2v) is 14.1. The van der Waals surface area contributed by atoms with Crippen molar-refractivity contribution in [2.24, 2.45) is 11.8 Å². The van der Waals surface area contributed by atoms with Crippen molar-refractivity contribution in [2.75, 3.05) is 57.6 Å². The number of carbonyl (C=O) groups is 2. The molecule has 0 aliphatic carbocycles. The van der Waals surface area contributed by atoms with Crippen molar-refractivity contribution in [1.82, 2.24) is 19.8 Å². The van der Waals surface area contributed by atoms with E-state index < -0.39 is 11.9 Å². The van der Waals surface area contributed by atoms with Crippen LogP contribution in [-0.4, -0.2) is 78.7 Å². The summed E-state index contributed by atoms with van der Waals surface area (Å²) < 4.78 is 32.4. The van der Waals surface area contributed by atoms with Crippen molar-refractivity contribution in [3.05, 3.63) is 82.7 Å². The van der Waals surface area contributed by atoms with E-state index in [4.69, 9.17) is 19.2 Å². The van der Waals surface area contributed by atoms with E-state index in [0.29, 0.717) is 54.9 Å². The van der Waals surface area contributed by atoms with Gasteiger partial charge in [-0.25, -0.2) is 14.2 Å². The average Bonchev–Trinajstić information content (AvgIpc) is 3.14. The van der Waals surface area contributed by atoms with E-state index in [1.54, 1.807) is 30.3 Å². The standard InChI is InChI=1S/C42H53FN6O5/c1-9-49(10-2)40(50)27(4)20-30-14-17-35(38(21-30)52-8)46-42(51)54-39-23-36(33-16-13-26(3)28(5)29(33)6)45-41(47-39)44-32-15-18-37(34(43)22-32)53-25-31-12-11-19-48(7)24-31/h13-18,21-23,27,31H,9-12,19-20,24-25H2,1-8H3,(H,46,51)(H,44,45,47). The number of nitrogens with one attached hydrogen (secondary N) is 2. The number of ether oxygens (including phenoxy) is 3. The van der Waals surface area contributed by atoms with E-state index in [2.05, 4.69) is 27.6 Å². The Morgan fingerprint density at radius 1 is 1.00 bits per heavy atom. The monoisotopic (exact) mass is 740 g/mol. The molecular weight excluding hydrogens is 687 g/mol. The Balaban J connectivity index is 1.34. The molecule has 11 nitrogen and oxygen atoms in total. The normalized spacial score (nSPS) is 14.9. The first kappa shape index (κ1) is 40.0. The molecule has 1 saturated heterocycles. The summed E-state index contributed by atoms with van der Waals surface area (Å²) in [6.07, 6.45) is 1.88. The van der Waals surface area contributed by atoms with Crippen LogP contribution in [0, 0.1) is 38.4 Å². The number of nitrogens with zero attached hydrogens (tertiary/aromatic N) is 4. The number of benzene rings is 3. The van der Waals surface area contributed by atoms with Crippen LogP contribution in [0.2, 0.25) is 0 Å². The number of carbonyl (C=O) groups excluding carboxylic acids is 2. The third-order valence-electron chi connectivity index (χ3n) is 10.2. The molecule has 0 spiro atoms. The number of rotatable bonds is 14. The Bertz CT molecular complexity index is 1950. The fourth-order valence-electron chi connectivity index (χ4n) is 6.83. The molecule has 2 atom stereocenters. The van der Waals surface area contributed by atoms with Gasteiger partial charge in [-0.05, 0) is 114 Å². The van der Waals surface area contributed by atoms with Crippen LogP contribution in [-0.2, 0) is 11.2 Å². The number of methoxy groups -OCH3 is 1. The summed E-state index contributed by atoms with van der Waals surface area (Å²) in [4.78, 5) is 39.4. The first-order valence-corrected chi connectivity index (χ1v) is 18.7. The molecule has 1 aromatic heterocycles. The van der Waals surface area contributed by atoms with Gasteiger partial charge in [-0.3, -0.25) is 10.1 Å². The minimum absolute atomic E-state index is 0.0187. The van der Waals surface area contributed by atoms with Crippen LogP contribution in [0.25, 0.3) is 11.3 Å². The fourth-order valence-corrected chi connectivity index (χ4v) is 6.83. The maximum atomic E-state index is 15.2. The number of halogens is 1. The van der Waals surface area contributed by atoms with E-state index in [-0.39, 0.29) is 29.4 Å². The molecule has 3 aromatic carbocycles. The predicted octanol–water partition coefficient (Wildman–Crippen LogP) is 8.34. The summed E-state index contributed by atoms with van der Waals surface area (Å²) >= 11 is 0. The third kappa shape index (κ3) is 10.0. The number of hydrogen-bond acceptors (Lipinski definition) is 9. The van der Waals surface area contributed by atoms with E-state index in [9.17, 15) is 9.59 Å². The minimum Gasteiger partial charge on any atom is -0.495 e. The van der Waals surface area contributed by atoms with Crippen LogP contribution in [0.3, 0.4) is 0 Å². The molecule has 2 heterocycles. The lowest BCUT2D eigenvalue weighted by molar-refractivity contribution is -0.134. The summed E-state index contributed by atoms with van der Waals surface area (Å²) in [5.41, 5.74) is 6.31. The Labute approximate surface area is 318 Å². The number of likely N-dealkylation sites (tertiary alicyclic amines) is 1. The largest absolute Gasteiger partial charge is 0.495 e. The summed E-state index contributed by atoms with van der Waals surface area (Å²) in [7, 11) is 3.60. The molecule has 2 unspecified atom stereocenters. The van der Waals surface area contributed by atoms with E-state index in [0.717, 1.165) is 53.7 Å². The number of hydrogen-bond donors (Lipinski definition) is 2. The number of anilines is 3. The molecule has 2 amide bonds. The molecular formula is C42H53FN6O5. The third-order valence-corrected chi connectivity index (χ3v) is 10.2. The molecule has 288 valence electrons. The second-order valence-electron chi connectivity index (χ2n) is 14.1. The zero-order valence-electron chi connectivity index (χ0n) is 32.7. The fraction of sp³-hybridized carbons (Fsp3) is 0.429. The van der Waals surface area contributed by atoms with Crippen molar-refractivity contribution < 1.29 is 28.2 Å². The highest BCUT2D eigenvalue weighted by atomic mass is 19.1. The summed E-state index contributed by atoms with van der Waals surface area (Å²) in [5.74, 6) is 0.414. The van der Waals surface area contributed by atoms with Gasteiger partial charge in [0.1, 0.15) is 5.75 Å². The lowest BCUT2D eigenvalue weighted by Gasteiger charge is -2.29. The summed E-state index contributed by atoms with van der Waals surface area (Å²) in [6.45, 7) is 15.7.